The van der Waals surface area contributed by atoms with E-state index in [4.69, 9.17) is 13.9 Å². The van der Waals surface area contributed by atoms with Crippen molar-refractivity contribution in [1.29, 1.82) is 0 Å². The summed E-state index contributed by atoms with van der Waals surface area (Å²) in [5, 5.41) is 7.24. The van der Waals surface area contributed by atoms with Gasteiger partial charge in [0.25, 0.3) is 5.91 Å². The summed E-state index contributed by atoms with van der Waals surface area (Å²) in [6.45, 7) is 3.23. The Kier molecular flexibility index (Phi) is 6.57. The summed E-state index contributed by atoms with van der Waals surface area (Å²) in [6, 6.07) is 16.1. The summed E-state index contributed by atoms with van der Waals surface area (Å²) in [5.41, 5.74) is 1.52. The minimum atomic E-state index is -0.403. The van der Waals surface area contributed by atoms with Crippen LogP contribution in [0.4, 0.5) is 10.1 Å². The third kappa shape index (κ3) is 5.01. The minimum Gasteiger partial charge on any atom is -0.461 e. The Morgan fingerprint density at radius 3 is 2.72 bits per heavy atom. The molecule has 32 heavy (non-hydrogen) atoms. The Hall–Kier alpha value is -3.98. The van der Waals surface area contributed by atoms with Gasteiger partial charge in [0.15, 0.2) is 5.76 Å². The van der Waals surface area contributed by atoms with E-state index in [0.29, 0.717) is 48.3 Å². The van der Waals surface area contributed by atoms with Crippen molar-refractivity contribution in [2.75, 3.05) is 25.1 Å². The molecule has 2 heterocycles. The Morgan fingerprint density at radius 2 is 1.97 bits per heavy atom. The van der Waals surface area contributed by atoms with Crippen LogP contribution in [0.5, 0.6) is 6.01 Å². The molecule has 0 aliphatic heterocycles. The zero-order valence-electron chi connectivity index (χ0n) is 17.3. The van der Waals surface area contributed by atoms with Gasteiger partial charge in [0.2, 0.25) is 5.82 Å². The third-order valence-corrected chi connectivity index (χ3v) is 4.45. The molecule has 0 aliphatic carbocycles. The summed E-state index contributed by atoms with van der Waals surface area (Å²) in [7, 11) is 0. The van der Waals surface area contributed by atoms with Crippen molar-refractivity contribution in [3.63, 3.8) is 0 Å². The molecule has 0 unspecified atom stereocenters. The number of hydrogen-bond acceptors (Lipinski definition) is 6. The van der Waals surface area contributed by atoms with Gasteiger partial charge in [0.1, 0.15) is 12.4 Å². The molecule has 0 bridgehead atoms. The number of ether oxygens (including phenoxy) is 2. The second-order valence-electron chi connectivity index (χ2n) is 6.66. The molecule has 1 amide bonds. The predicted octanol–water partition coefficient (Wildman–Crippen LogP) is 4.33. The SMILES string of the molecule is CCOCCOc1nc(-c2ccco2)n(-c2cccc(NC(=O)c3ccc(F)cc3)c2)n1. The molecule has 8 nitrogen and oxygen atoms in total. The molecule has 4 aromatic rings. The lowest BCUT2D eigenvalue weighted by Crippen LogP contribution is -2.12. The molecular formula is C23H21FN4O4. The number of hydrogen-bond donors (Lipinski definition) is 1. The number of nitrogens with zero attached hydrogens (tertiary/aromatic N) is 3. The molecule has 0 aliphatic rings. The van der Waals surface area contributed by atoms with Crippen molar-refractivity contribution in [2.45, 2.75) is 6.92 Å². The Bertz CT molecular complexity index is 1170. The number of furan rings is 1. The first-order valence-corrected chi connectivity index (χ1v) is 10.0. The maximum atomic E-state index is 13.1. The van der Waals surface area contributed by atoms with Crippen LogP contribution in [0.1, 0.15) is 17.3 Å². The number of anilines is 1. The van der Waals surface area contributed by atoms with Gasteiger partial charge in [-0.2, -0.15) is 4.98 Å². The molecule has 0 saturated carbocycles. The number of amides is 1. The van der Waals surface area contributed by atoms with E-state index in [0.717, 1.165) is 0 Å². The molecule has 0 spiro atoms. The van der Waals surface area contributed by atoms with E-state index in [9.17, 15) is 9.18 Å². The summed E-state index contributed by atoms with van der Waals surface area (Å²) >= 11 is 0. The van der Waals surface area contributed by atoms with Crippen LogP contribution < -0.4 is 10.1 Å². The average molecular weight is 436 g/mol. The number of carbonyl (C=O) groups excluding carboxylic acids is 1. The summed E-state index contributed by atoms with van der Waals surface area (Å²) < 4.78 is 31.1. The lowest BCUT2D eigenvalue weighted by molar-refractivity contribution is 0.102. The van der Waals surface area contributed by atoms with Crippen molar-refractivity contribution >= 4 is 11.6 Å². The van der Waals surface area contributed by atoms with Crippen LogP contribution in [0, 0.1) is 5.82 Å². The quantitative estimate of drug-likeness (QED) is 0.393. The molecular weight excluding hydrogens is 415 g/mol. The van der Waals surface area contributed by atoms with Crippen LogP contribution in [0.15, 0.2) is 71.3 Å². The van der Waals surface area contributed by atoms with Gasteiger partial charge in [-0.1, -0.05) is 6.07 Å². The van der Waals surface area contributed by atoms with Crippen LogP contribution in [0.3, 0.4) is 0 Å². The van der Waals surface area contributed by atoms with Crippen LogP contribution in [-0.2, 0) is 4.74 Å². The zero-order valence-corrected chi connectivity index (χ0v) is 17.3. The van der Waals surface area contributed by atoms with Crippen molar-refractivity contribution in [3.05, 3.63) is 78.3 Å². The van der Waals surface area contributed by atoms with Crippen LogP contribution >= 0.6 is 0 Å². The molecule has 4 rings (SSSR count). The lowest BCUT2D eigenvalue weighted by Gasteiger charge is -2.09. The molecule has 1 N–H and O–H groups in total. The smallest absolute Gasteiger partial charge is 0.336 e. The van der Waals surface area contributed by atoms with Crippen LogP contribution in [-0.4, -0.2) is 40.5 Å². The second kappa shape index (κ2) is 9.88. The van der Waals surface area contributed by atoms with Gasteiger partial charge in [-0.05, 0) is 61.5 Å². The van der Waals surface area contributed by atoms with Gasteiger partial charge in [0.05, 0.1) is 18.6 Å². The molecule has 0 fully saturated rings. The average Bonchev–Trinajstić information content (AvgIpc) is 3.47. The fourth-order valence-electron chi connectivity index (χ4n) is 2.96. The summed E-state index contributed by atoms with van der Waals surface area (Å²) in [4.78, 5) is 16.9. The standard InChI is InChI=1S/C23H21FN4O4/c1-2-30-13-14-32-23-26-21(20-7-4-12-31-20)28(27-23)19-6-3-5-18(15-19)25-22(29)16-8-10-17(24)11-9-16/h3-12,15H,2,13-14H2,1H3,(H,25,29). The lowest BCUT2D eigenvalue weighted by atomic mass is 10.2. The van der Waals surface area contributed by atoms with E-state index in [1.807, 2.05) is 13.0 Å². The van der Waals surface area contributed by atoms with E-state index in [1.165, 1.54) is 24.3 Å². The minimum absolute atomic E-state index is 0.178. The second-order valence-corrected chi connectivity index (χ2v) is 6.66. The molecule has 0 saturated heterocycles. The fourth-order valence-corrected chi connectivity index (χ4v) is 2.96. The first-order chi connectivity index (χ1) is 15.6. The number of nitrogens with one attached hydrogen (secondary N) is 1. The zero-order chi connectivity index (χ0) is 22.3. The van der Waals surface area contributed by atoms with E-state index in [2.05, 4.69) is 15.4 Å². The van der Waals surface area contributed by atoms with Gasteiger partial charge in [-0.15, -0.1) is 5.10 Å². The fraction of sp³-hybridized carbons (Fsp3) is 0.174. The highest BCUT2D eigenvalue weighted by Gasteiger charge is 2.17. The highest BCUT2D eigenvalue weighted by Crippen LogP contribution is 2.25. The Balaban J connectivity index is 1.59. The predicted molar refractivity (Wildman–Crippen MR) is 115 cm³/mol. The van der Waals surface area contributed by atoms with Gasteiger partial charge in [0, 0.05) is 17.9 Å². The number of carbonyl (C=O) groups is 1. The summed E-state index contributed by atoms with van der Waals surface area (Å²) in [5.74, 6) is 0.202. The van der Waals surface area contributed by atoms with Gasteiger partial charge in [-0.25, -0.2) is 9.07 Å². The molecule has 0 radical (unpaired) electrons. The largest absolute Gasteiger partial charge is 0.461 e. The van der Waals surface area contributed by atoms with E-state index in [1.54, 1.807) is 41.3 Å². The summed E-state index contributed by atoms with van der Waals surface area (Å²) in [6.07, 6.45) is 1.54. The van der Waals surface area contributed by atoms with Crippen LogP contribution in [0.2, 0.25) is 0 Å². The highest BCUT2D eigenvalue weighted by atomic mass is 19.1. The van der Waals surface area contributed by atoms with Crippen molar-refractivity contribution < 1.29 is 23.1 Å². The number of benzene rings is 2. The van der Waals surface area contributed by atoms with Crippen molar-refractivity contribution in [3.8, 4) is 23.3 Å². The first-order valence-electron chi connectivity index (χ1n) is 10.0. The normalized spacial score (nSPS) is 10.8. The maximum absolute atomic E-state index is 13.1. The van der Waals surface area contributed by atoms with Crippen molar-refractivity contribution in [1.82, 2.24) is 14.8 Å². The number of aromatic nitrogens is 3. The molecule has 2 aromatic heterocycles. The van der Waals surface area contributed by atoms with E-state index < -0.39 is 5.82 Å². The molecule has 164 valence electrons. The molecule has 2 aromatic carbocycles. The topological polar surface area (TPSA) is 91.4 Å². The van der Waals surface area contributed by atoms with E-state index >= 15 is 0 Å². The monoisotopic (exact) mass is 436 g/mol. The van der Waals surface area contributed by atoms with Gasteiger partial charge >= 0.3 is 6.01 Å². The number of halogens is 1. The Morgan fingerprint density at radius 1 is 1.12 bits per heavy atom. The van der Waals surface area contributed by atoms with E-state index in [-0.39, 0.29) is 11.9 Å². The van der Waals surface area contributed by atoms with Gasteiger partial charge < -0.3 is 19.2 Å². The van der Waals surface area contributed by atoms with Crippen LogP contribution in [0.25, 0.3) is 17.3 Å². The van der Waals surface area contributed by atoms with Crippen molar-refractivity contribution in [2.24, 2.45) is 0 Å². The third-order valence-electron chi connectivity index (χ3n) is 4.45. The Labute approximate surface area is 183 Å². The highest BCUT2D eigenvalue weighted by molar-refractivity contribution is 6.04. The molecule has 9 heteroatoms. The van der Waals surface area contributed by atoms with Gasteiger partial charge in [-0.3, -0.25) is 4.79 Å². The number of rotatable bonds is 9. The molecule has 0 atom stereocenters. The first kappa shape index (κ1) is 21.3. The maximum Gasteiger partial charge on any atom is 0.336 e.